The van der Waals surface area contributed by atoms with Gasteiger partial charge < -0.3 is 14.7 Å². The number of nitrogens with zero attached hydrogens (tertiary/aromatic N) is 3. The van der Waals surface area contributed by atoms with E-state index < -0.39 is 0 Å². The summed E-state index contributed by atoms with van der Waals surface area (Å²) in [5.74, 6) is 0.745. The summed E-state index contributed by atoms with van der Waals surface area (Å²) in [6.45, 7) is 3.17. The molecule has 0 aliphatic carbocycles. The third kappa shape index (κ3) is 2.92. The van der Waals surface area contributed by atoms with Crippen LogP contribution in [0.25, 0.3) is 11.0 Å². The lowest BCUT2D eigenvalue weighted by molar-refractivity contribution is -0.0105. The normalized spacial score (nSPS) is 22.8. The van der Waals surface area contributed by atoms with E-state index in [1.54, 1.807) is 18.3 Å². The van der Waals surface area contributed by atoms with Crippen LogP contribution in [0.1, 0.15) is 6.92 Å². The van der Waals surface area contributed by atoms with E-state index in [1.165, 1.54) is 0 Å². The molecule has 0 amide bonds. The lowest BCUT2D eigenvalue weighted by Crippen LogP contribution is -2.50. The first-order valence-electron chi connectivity index (χ1n) is 6.69. The summed E-state index contributed by atoms with van der Waals surface area (Å²) in [6, 6.07) is 3.59. The third-order valence-electron chi connectivity index (χ3n) is 3.58. The Kier molecular flexibility index (Phi) is 4.17. The van der Waals surface area contributed by atoms with Gasteiger partial charge in [-0.2, -0.15) is 0 Å². The van der Waals surface area contributed by atoms with Gasteiger partial charge in [-0.15, -0.1) is 0 Å². The van der Waals surface area contributed by atoms with E-state index in [9.17, 15) is 5.11 Å². The molecule has 5 nitrogen and oxygen atoms in total. The van der Waals surface area contributed by atoms with Crippen LogP contribution in [0.3, 0.4) is 0 Å². The maximum atomic E-state index is 9.26. The highest BCUT2D eigenvalue weighted by molar-refractivity contribution is 6.42. The van der Waals surface area contributed by atoms with E-state index in [2.05, 4.69) is 14.9 Å². The van der Waals surface area contributed by atoms with Crippen molar-refractivity contribution in [1.29, 1.82) is 0 Å². The molecule has 2 heterocycles. The fourth-order valence-electron chi connectivity index (χ4n) is 2.38. The standard InChI is InChI=1S/C14H15Cl2N3O2/c1-8-7-21-9(6-20)5-19(8)14-4-17-12-2-10(15)11(16)3-13(12)18-14/h2-4,8-9,20H,5-7H2,1H3/t8-,9-/m1/s1. The lowest BCUT2D eigenvalue weighted by atomic mass is 10.2. The van der Waals surface area contributed by atoms with Crippen LogP contribution in [0, 0.1) is 0 Å². The second-order valence-electron chi connectivity index (χ2n) is 5.12. The quantitative estimate of drug-likeness (QED) is 0.918. The number of fused-ring (bicyclic) bond motifs is 1. The Morgan fingerprint density at radius 2 is 2.05 bits per heavy atom. The minimum Gasteiger partial charge on any atom is -0.394 e. The van der Waals surface area contributed by atoms with Gasteiger partial charge >= 0.3 is 0 Å². The first-order chi connectivity index (χ1) is 10.1. The molecule has 7 heteroatoms. The topological polar surface area (TPSA) is 58.5 Å². The number of benzene rings is 1. The predicted octanol–water partition coefficient (Wildman–Crippen LogP) is 2.52. The van der Waals surface area contributed by atoms with Crippen molar-refractivity contribution in [2.75, 3.05) is 24.7 Å². The molecule has 0 spiro atoms. The molecule has 1 aliphatic heterocycles. The number of aliphatic hydroxyl groups excluding tert-OH is 1. The average Bonchev–Trinajstić information content (AvgIpc) is 2.48. The molecule has 1 aromatic carbocycles. The van der Waals surface area contributed by atoms with Gasteiger partial charge in [0, 0.05) is 6.54 Å². The van der Waals surface area contributed by atoms with Crippen LogP contribution in [-0.2, 0) is 4.74 Å². The van der Waals surface area contributed by atoms with E-state index in [4.69, 9.17) is 27.9 Å². The summed E-state index contributed by atoms with van der Waals surface area (Å²) in [6.07, 6.45) is 1.51. The first kappa shape index (κ1) is 14.8. The van der Waals surface area contributed by atoms with E-state index in [-0.39, 0.29) is 18.8 Å². The molecular weight excluding hydrogens is 313 g/mol. The van der Waals surface area contributed by atoms with Crippen LogP contribution in [-0.4, -0.2) is 47.0 Å². The zero-order chi connectivity index (χ0) is 15.0. The van der Waals surface area contributed by atoms with E-state index in [1.807, 2.05) is 6.92 Å². The van der Waals surface area contributed by atoms with Crippen LogP contribution in [0.5, 0.6) is 0 Å². The number of aliphatic hydroxyl groups is 1. The number of rotatable bonds is 2. The zero-order valence-electron chi connectivity index (χ0n) is 11.5. The fourth-order valence-corrected chi connectivity index (χ4v) is 2.70. The maximum absolute atomic E-state index is 9.26. The van der Waals surface area contributed by atoms with Crippen LogP contribution >= 0.6 is 23.2 Å². The van der Waals surface area contributed by atoms with E-state index in [0.717, 1.165) is 5.82 Å². The number of anilines is 1. The monoisotopic (exact) mass is 327 g/mol. The van der Waals surface area contributed by atoms with Crippen molar-refractivity contribution in [3.63, 3.8) is 0 Å². The molecule has 1 saturated heterocycles. The Morgan fingerprint density at radius 1 is 1.33 bits per heavy atom. The van der Waals surface area contributed by atoms with E-state index in [0.29, 0.717) is 34.2 Å². The molecule has 21 heavy (non-hydrogen) atoms. The van der Waals surface area contributed by atoms with Crippen molar-refractivity contribution in [2.24, 2.45) is 0 Å². The molecule has 1 aromatic heterocycles. The highest BCUT2D eigenvalue weighted by atomic mass is 35.5. The number of aromatic nitrogens is 2. The molecule has 0 saturated carbocycles. The van der Waals surface area contributed by atoms with Gasteiger partial charge in [0.05, 0.1) is 52.6 Å². The fraction of sp³-hybridized carbons (Fsp3) is 0.429. The third-order valence-corrected chi connectivity index (χ3v) is 4.30. The first-order valence-corrected chi connectivity index (χ1v) is 7.45. The smallest absolute Gasteiger partial charge is 0.148 e. The minimum absolute atomic E-state index is 0.00827. The summed E-state index contributed by atoms with van der Waals surface area (Å²) in [5, 5.41) is 10.2. The highest BCUT2D eigenvalue weighted by Crippen LogP contribution is 2.28. The predicted molar refractivity (Wildman–Crippen MR) is 83.2 cm³/mol. The molecule has 2 aromatic rings. The second kappa shape index (κ2) is 5.93. The van der Waals surface area contributed by atoms with Crippen molar-refractivity contribution in [3.05, 3.63) is 28.4 Å². The number of hydrogen-bond donors (Lipinski definition) is 1. The Bertz CT molecular complexity index is 668. The maximum Gasteiger partial charge on any atom is 0.148 e. The van der Waals surface area contributed by atoms with Gasteiger partial charge in [0.1, 0.15) is 5.82 Å². The molecule has 0 radical (unpaired) electrons. The Morgan fingerprint density at radius 3 is 2.76 bits per heavy atom. The van der Waals surface area contributed by atoms with Crippen LogP contribution in [0.2, 0.25) is 10.0 Å². The molecule has 1 N–H and O–H groups in total. The highest BCUT2D eigenvalue weighted by Gasteiger charge is 2.27. The van der Waals surface area contributed by atoms with Crippen LogP contribution in [0.4, 0.5) is 5.82 Å². The summed E-state index contributed by atoms with van der Waals surface area (Å²) >= 11 is 12.0. The molecule has 1 fully saturated rings. The van der Waals surface area contributed by atoms with Crippen molar-refractivity contribution in [3.8, 4) is 0 Å². The molecule has 3 rings (SSSR count). The zero-order valence-corrected chi connectivity index (χ0v) is 13.0. The van der Waals surface area contributed by atoms with Crippen molar-refractivity contribution < 1.29 is 9.84 Å². The minimum atomic E-state index is -0.201. The summed E-state index contributed by atoms with van der Waals surface area (Å²) in [4.78, 5) is 11.1. The van der Waals surface area contributed by atoms with Gasteiger partial charge in [0.2, 0.25) is 0 Å². The molecular formula is C14H15Cl2N3O2. The lowest BCUT2D eigenvalue weighted by Gasteiger charge is -2.38. The van der Waals surface area contributed by atoms with Crippen molar-refractivity contribution in [2.45, 2.75) is 19.1 Å². The summed E-state index contributed by atoms with van der Waals surface area (Å²) < 4.78 is 5.54. The Hall–Kier alpha value is -1.14. The second-order valence-corrected chi connectivity index (χ2v) is 5.94. The van der Waals surface area contributed by atoms with E-state index >= 15 is 0 Å². The molecule has 0 unspecified atom stereocenters. The van der Waals surface area contributed by atoms with Gasteiger partial charge in [-0.1, -0.05) is 23.2 Å². The number of halogens is 2. The van der Waals surface area contributed by atoms with Gasteiger partial charge in [-0.3, -0.25) is 4.98 Å². The molecule has 0 bridgehead atoms. The van der Waals surface area contributed by atoms with Crippen molar-refractivity contribution >= 4 is 40.1 Å². The van der Waals surface area contributed by atoms with Gasteiger partial charge in [-0.25, -0.2) is 4.98 Å². The van der Waals surface area contributed by atoms with Gasteiger partial charge in [0.15, 0.2) is 0 Å². The Balaban J connectivity index is 1.98. The number of ether oxygens (including phenoxy) is 1. The largest absolute Gasteiger partial charge is 0.394 e. The SMILES string of the molecule is C[C@@H]1CO[C@@H](CO)CN1c1cnc2cc(Cl)c(Cl)cc2n1. The molecule has 112 valence electrons. The van der Waals surface area contributed by atoms with Crippen LogP contribution < -0.4 is 4.90 Å². The number of morpholine rings is 1. The summed E-state index contributed by atoms with van der Waals surface area (Å²) in [5.41, 5.74) is 1.40. The average molecular weight is 328 g/mol. The van der Waals surface area contributed by atoms with Crippen LogP contribution in [0.15, 0.2) is 18.3 Å². The molecule has 1 aliphatic rings. The summed E-state index contributed by atoms with van der Waals surface area (Å²) in [7, 11) is 0. The number of hydrogen-bond acceptors (Lipinski definition) is 5. The Labute approximate surface area is 132 Å². The molecule has 2 atom stereocenters. The van der Waals surface area contributed by atoms with Crippen molar-refractivity contribution in [1.82, 2.24) is 9.97 Å². The van der Waals surface area contributed by atoms with Gasteiger partial charge in [-0.05, 0) is 19.1 Å². The van der Waals surface area contributed by atoms with Gasteiger partial charge in [0.25, 0.3) is 0 Å².